The second kappa shape index (κ2) is 5.88. The molecule has 0 bridgehead atoms. The first-order valence-electron chi connectivity index (χ1n) is 5.94. The lowest BCUT2D eigenvalue weighted by Gasteiger charge is -2.17. The van der Waals surface area contributed by atoms with Crippen molar-refractivity contribution in [2.45, 2.75) is 6.42 Å². The molecule has 1 aromatic rings. The molecule has 1 aliphatic heterocycles. The molecular formula is C11H9BrF2N2O5S. The van der Waals surface area contributed by atoms with Crippen LogP contribution in [0.1, 0.15) is 6.42 Å². The standard InChI is InChI=1S/C11H9BrF2N2O5S/c12-7-2-8(13)11(9(3-7)16(18)19)15-4-6(1-10(15)17)5-22(14,20)21/h2-3,6H,1,4-5H2. The van der Waals surface area contributed by atoms with Gasteiger partial charge in [0.2, 0.25) is 5.91 Å². The first-order valence-corrected chi connectivity index (χ1v) is 8.29. The van der Waals surface area contributed by atoms with Gasteiger partial charge < -0.3 is 4.90 Å². The summed E-state index contributed by atoms with van der Waals surface area (Å²) >= 11 is 2.91. The first kappa shape index (κ1) is 16.7. The molecule has 0 spiro atoms. The molecule has 0 aromatic heterocycles. The summed E-state index contributed by atoms with van der Waals surface area (Å²) in [5.74, 6) is -3.47. The smallest absolute Gasteiger partial charge is 0.302 e. The van der Waals surface area contributed by atoms with Gasteiger partial charge in [0.05, 0.1) is 10.7 Å². The molecule has 1 aliphatic rings. The van der Waals surface area contributed by atoms with E-state index in [1.807, 2.05) is 0 Å². The van der Waals surface area contributed by atoms with Crippen molar-refractivity contribution in [3.05, 3.63) is 32.5 Å². The van der Waals surface area contributed by atoms with Gasteiger partial charge in [-0.25, -0.2) is 4.39 Å². The summed E-state index contributed by atoms with van der Waals surface area (Å²) < 4.78 is 48.1. The Morgan fingerprint density at radius 1 is 1.45 bits per heavy atom. The Balaban J connectivity index is 2.40. The van der Waals surface area contributed by atoms with E-state index in [0.29, 0.717) is 0 Å². The monoisotopic (exact) mass is 398 g/mol. The van der Waals surface area contributed by atoms with E-state index in [1.165, 1.54) is 0 Å². The number of rotatable bonds is 4. The van der Waals surface area contributed by atoms with Crippen molar-refractivity contribution in [2.24, 2.45) is 5.92 Å². The molecule has 1 fully saturated rings. The number of nitrogens with zero attached hydrogens (tertiary/aromatic N) is 2. The second-order valence-corrected chi connectivity index (χ2v) is 7.12. The normalized spacial score (nSPS) is 18.8. The minimum atomic E-state index is -4.79. The van der Waals surface area contributed by atoms with E-state index in [2.05, 4.69) is 15.9 Å². The zero-order valence-electron chi connectivity index (χ0n) is 10.8. The van der Waals surface area contributed by atoms with Crippen LogP contribution in [0.2, 0.25) is 0 Å². The Labute approximate surface area is 132 Å². The Hall–Kier alpha value is -1.62. The summed E-state index contributed by atoms with van der Waals surface area (Å²) in [6, 6.07) is 1.99. The van der Waals surface area contributed by atoms with Gasteiger partial charge in [-0.05, 0) is 6.07 Å². The third-order valence-corrected chi connectivity index (χ3v) is 4.44. The highest BCUT2D eigenvalue weighted by Gasteiger charge is 2.38. The van der Waals surface area contributed by atoms with Gasteiger partial charge in [0, 0.05) is 29.4 Å². The largest absolute Gasteiger partial charge is 0.304 e. The Kier molecular flexibility index (Phi) is 4.47. The highest BCUT2D eigenvalue weighted by atomic mass is 79.9. The van der Waals surface area contributed by atoms with Crippen LogP contribution in [-0.4, -0.2) is 31.5 Å². The van der Waals surface area contributed by atoms with Crippen LogP contribution in [0.5, 0.6) is 0 Å². The molecule has 0 N–H and O–H groups in total. The number of carbonyl (C=O) groups excluding carboxylic acids is 1. The van der Waals surface area contributed by atoms with Crippen LogP contribution in [0.15, 0.2) is 16.6 Å². The van der Waals surface area contributed by atoms with Gasteiger partial charge in [-0.1, -0.05) is 15.9 Å². The molecule has 1 saturated heterocycles. The fraction of sp³-hybridized carbons (Fsp3) is 0.364. The van der Waals surface area contributed by atoms with Crippen LogP contribution in [0, 0.1) is 21.8 Å². The van der Waals surface area contributed by atoms with Gasteiger partial charge in [0.25, 0.3) is 5.69 Å². The zero-order valence-corrected chi connectivity index (χ0v) is 13.2. The fourth-order valence-corrected chi connectivity index (χ4v) is 3.55. The predicted molar refractivity (Wildman–Crippen MR) is 76.1 cm³/mol. The molecule has 2 rings (SSSR count). The minimum Gasteiger partial charge on any atom is -0.304 e. The van der Waals surface area contributed by atoms with E-state index in [0.717, 1.165) is 17.0 Å². The van der Waals surface area contributed by atoms with Crippen LogP contribution >= 0.6 is 15.9 Å². The number of anilines is 1. The molecule has 1 heterocycles. The molecule has 120 valence electrons. The lowest BCUT2D eigenvalue weighted by Crippen LogP contribution is -2.27. The number of halogens is 3. The van der Waals surface area contributed by atoms with E-state index >= 15 is 0 Å². The minimum absolute atomic E-state index is 0.120. The molecule has 7 nitrogen and oxygen atoms in total. The van der Waals surface area contributed by atoms with Gasteiger partial charge in [0.1, 0.15) is 0 Å². The first-order chi connectivity index (χ1) is 10.1. The number of benzene rings is 1. The van der Waals surface area contributed by atoms with Crippen LogP contribution in [0.4, 0.5) is 19.7 Å². The Morgan fingerprint density at radius 3 is 2.64 bits per heavy atom. The van der Waals surface area contributed by atoms with Gasteiger partial charge in [-0.3, -0.25) is 14.9 Å². The summed E-state index contributed by atoms with van der Waals surface area (Å²) in [7, 11) is -4.79. The third-order valence-electron chi connectivity index (χ3n) is 3.11. The van der Waals surface area contributed by atoms with Gasteiger partial charge in [0.15, 0.2) is 11.5 Å². The highest BCUT2D eigenvalue weighted by molar-refractivity contribution is 9.10. The number of hydrogen-bond acceptors (Lipinski definition) is 5. The quantitative estimate of drug-likeness (QED) is 0.439. The van der Waals surface area contributed by atoms with E-state index in [1.54, 1.807) is 0 Å². The predicted octanol–water partition coefficient (Wildman–Crippen LogP) is 2.15. The van der Waals surface area contributed by atoms with E-state index in [-0.39, 0.29) is 17.4 Å². The molecule has 22 heavy (non-hydrogen) atoms. The number of nitro groups is 1. The van der Waals surface area contributed by atoms with E-state index < -0.39 is 49.9 Å². The van der Waals surface area contributed by atoms with E-state index in [4.69, 9.17) is 0 Å². The molecule has 1 atom stereocenters. The number of amides is 1. The van der Waals surface area contributed by atoms with Gasteiger partial charge in [-0.15, -0.1) is 3.89 Å². The Morgan fingerprint density at radius 2 is 2.09 bits per heavy atom. The SMILES string of the molecule is O=C1CC(CS(=O)(=O)F)CN1c1c(F)cc(Br)cc1[N+](=O)[O-]. The maximum atomic E-state index is 14.0. The fourth-order valence-electron chi connectivity index (χ4n) is 2.35. The lowest BCUT2D eigenvalue weighted by molar-refractivity contribution is -0.384. The summed E-state index contributed by atoms with van der Waals surface area (Å²) in [6.45, 7) is -0.304. The van der Waals surface area contributed by atoms with Crippen molar-refractivity contribution in [3.63, 3.8) is 0 Å². The van der Waals surface area contributed by atoms with Crippen LogP contribution in [-0.2, 0) is 15.0 Å². The molecule has 0 saturated carbocycles. The topological polar surface area (TPSA) is 97.6 Å². The highest BCUT2D eigenvalue weighted by Crippen LogP contribution is 2.37. The molecular weight excluding hydrogens is 390 g/mol. The maximum absolute atomic E-state index is 14.0. The average Bonchev–Trinajstić information content (AvgIpc) is 2.66. The summed E-state index contributed by atoms with van der Waals surface area (Å²) in [5, 5.41) is 11.0. The van der Waals surface area contributed by atoms with Crippen LogP contribution in [0.25, 0.3) is 0 Å². The molecule has 0 radical (unpaired) electrons. The van der Waals surface area contributed by atoms with Crippen LogP contribution in [0.3, 0.4) is 0 Å². The molecule has 1 amide bonds. The molecule has 0 aliphatic carbocycles. The molecule has 1 unspecified atom stereocenters. The van der Waals surface area contributed by atoms with Gasteiger partial charge in [-0.2, -0.15) is 8.42 Å². The number of hydrogen-bond donors (Lipinski definition) is 0. The summed E-state index contributed by atoms with van der Waals surface area (Å²) in [4.78, 5) is 22.9. The number of nitro benzene ring substituents is 1. The van der Waals surface area contributed by atoms with Crippen molar-refractivity contribution in [3.8, 4) is 0 Å². The third kappa shape index (κ3) is 3.58. The lowest BCUT2D eigenvalue weighted by atomic mass is 10.1. The average molecular weight is 399 g/mol. The number of carbonyl (C=O) groups is 1. The van der Waals surface area contributed by atoms with Crippen LogP contribution < -0.4 is 4.90 Å². The van der Waals surface area contributed by atoms with Crippen molar-refractivity contribution in [1.82, 2.24) is 0 Å². The Bertz CT molecular complexity index is 755. The summed E-state index contributed by atoms with van der Waals surface area (Å²) in [6.07, 6.45) is -0.324. The van der Waals surface area contributed by atoms with E-state index in [9.17, 15) is 31.6 Å². The van der Waals surface area contributed by atoms with Crippen molar-refractivity contribution in [1.29, 1.82) is 0 Å². The second-order valence-electron chi connectivity index (χ2n) is 4.79. The van der Waals surface area contributed by atoms with Crippen molar-refractivity contribution in [2.75, 3.05) is 17.2 Å². The van der Waals surface area contributed by atoms with Gasteiger partial charge >= 0.3 is 10.2 Å². The maximum Gasteiger partial charge on any atom is 0.302 e. The van der Waals surface area contributed by atoms with Crippen molar-refractivity contribution >= 4 is 43.4 Å². The summed E-state index contributed by atoms with van der Waals surface area (Å²) in [5.41, 5.74) is -1.18. The molecule has 11 heteroatoms. The van der Waals surface area contributed by atoms with Crippen molar-refractivity contribution < 1.29 is 26.4 Å². The molecule has 1 aromatic carbocycles. The zero-order chi connectivity index (χ0) is 16.7.